The van der Waals surface area contributed by atoms with E-state index in [9.17, 15) is 0 Å². The van der Waals surface area contributed by atoms with E-state index in [1.54, 1.807) is 0 Å². The standard InChI is InChI=1S/C43H27N3O/c1-3-10-28(11-4-1)29-18-20-32(21-19-29)42-44-41(31-13-5-2-6-14-31)45-43(46-42)34-23-25-39-38(26-34)37-24-22-33(27-40(37)47-39)36-17-9-15-30-12-7-8-16-35(30)36/h1-27H. The molecule has 0 fully saturated rings. The van der Waals surface area contributed by atoms with E-state index in [4.69, 9.17) is 19.4 Å². The third-order valence-corrected chi connectivity index (χ3v) is 8.75. The van der Waals surface area contributed by atoms with Crippen molar-refractivity contribution < 1.29 is 4.42 Å². The van der Waals surface area contributed by atoms with Crippen molar-refractivity contribution in [2.45, 2.75) is 0 Å². The van der Waals surface area contributed by atoms with Crippen LogP contribution in [0, 0.1) is 0 Å². The van der Waals surface area contributed by atoms with E-state index in [2.05, 4.69) is 115 Å². The van der Waals surface area contributed by atoms with Gasteiger partial charge in [-0.05, 0) is 63.4 Å². The summed E-state index contributed by atoms with van der Waals surface area (Å²) in [4.78, 5) is 14.9. The van der Waals surface area contributed by atoms with Gasteiger partial charge in [-0.15, -0.1) is 0 Å². The van der Waals surface area contributed by atoms with Crippen LogP contribution in [-0.4, -0.2) is 15.0 Å². The average Bonchev–Trinajstić information content (AvgIpc) is 3.52. The van der Waals surface area contributed by atoms with Gasteiger partial charge >= 0.3 is 0 Å². The number of furan rings is 1. The van der Waals surface area contributed by atoms with Gasteiger partial charge in [0.15, 0.2) is 17.5 Å². The fraction of sp³-hybridized carbons (Fsp3) is 0. The number of nitrogens with zero attached hydrogens (tertiary/aromatic N) is 3. The quantitative estimate of drug-likeness (QED) is 0.197. The van der Waals surface area contributed by atoms with Gasteiger partial charge in [-0.25, -0.2) is 15.0 Å². The Balaban J connectivity index is 1.15. The molecule has 7 aromatic carbocycles. The molecule has 0 aliphatic heterocycles. The Kier molecular flexibility index (Phi) is 6.43. The molecular weight excluding hydrogens is 574 g/mol. The molecule has 0 saturated heterocycles. The number of fused-ring (bicyclic) bond motifs is 4. The summed E-state index contributed by atoms with van der Waals surface area (Å²) in [6, 6.07) is 56.4. The van der Waals surface area contributed by atoms with Crippen molar-refractivity contribution in [1.29, 1.82) is 0 Å². The topological polar surface area (TPSA) is 51.8 Å². The van der Waals surface area contributed by atoms with Crippen LogP contribution in [0.1, 0.15) is 0 Å². The van der Waals surface area contributed by atoms with Gasteiger partial charge < -0.3 is 4.42 Å². The van der Waals surface area contributed by atoms with Gasteiger partial charge in [-0.3, -0.25) is 0 Å². The number of aromatic nitrogens is 3. The van der Waals surface area contributed by atoms with Gasteiger partial charge in [-0.2, -0.15) is 0 Å². The first-order chi connectivity index (χ1) is 23.3. The van der Waals surface area contributed by atoms with Crippen LogP contribution in [-0.2, 0) is 0 Å². The number of benzene rings is 7. The van der Waals surface area contributed by atoms with E-state index in [0.29, 0.717) is 17.5 Å². The zero-order valence-electron chi connectivity index (χ0n) is 25.3. The molecule has 47 heavy (non-hydrogen) atoms. The number of hydrogen-bond acceptors (Lipinski definition) is 4. The molecule has 0 atom stereocenters. The first-order valence-electron chi connectivity index (χ1n) is 15.7. The van der Waals surface area contributed by atoms with Crippen LogP contribution < -0.4 is 0 Å². The summed E-state index contributed by atoms with van der Waals surface area (Å²) < 4.78 is 6.40. The molecule has 2 aromatic heterocycles. The van der Waals surface area contributed by atoms with Crippen molar-refractivity contribution in [1.82, 2.24) is 15.0 Å². The molecule has 9 rings (SSSR count). The predicted octanol–water partition coefficient (Wildman–Crippen LogP) is 11.3. The first-order valence-corrected chi connectivity index (χ1v) is 15.7. The molecule has 9 aromatic rings. The molecule has 4 nitrogen and oxygen atoms in total. The molecule has 220 valence electrons. The molecule has 0 unspecified atom stereocenters. The highest BCUT2D eigenvalue weighted by molar-refractivity contribution is 6.08. The largest absolute Gasteiger partial charge is 0.456 e. The minimum absolute atomic E-state index is 0.615. The average molecular weight is 602 g/mol. The maximum absolute atomic E-state index is 6.40. The van der Waals surface area contributed by atoms with Crippen LogP contribution in [0.3, 0.4) is 0 Å². The summed E-state index contributed by atoms with van der Waals surface area (Å²) in [6.07, 6.45) is 0. The van der Waals surface area contributed by atoms with Crippen LogP contribution in [0.15, 0.2) is 168 Å². The van der Waals surface area contributed by atoms with Crippen LogP contribution in [0.2, 0.25) is 0 Å². The van der Waals surface area contributed by atoms with Gasteiger partial charge in [-0.1, -0.05) is 133 Å². The SMILES string of the molecule is c1ccc(-c2ccc(-c3nc(-c4ccccc4)nc(-c4ccc5oc6cc(-c7cccc8ccccc78)ccc6c5c4)n3)cc2)cc1. The van der Waals surface area contributed by atoms with Gasteiger partial charge in [0.25, 0.3) is 0 Å². The maximum Gasteiger partial charge on any atom is 0.164 e. The Hall–Kier alpha value is -6.39. The monoisotopic (exact) mass is 601 g/mol. The summed E-state index contributed by atoms with van der Waals surface area (Å²) in [5.74, 6) is 1.88. The molecular formula is C43H27N3O. The van der Waals surface area contributed by atoms with E-state index >= 15 is 0 Å². The van der Waals surface area contributed by atoms with E-state index in [-0.39, 0.29) is 0 Å². The third-order valence-electron chi connectivity index (χ3n) is 8.75. The van der Waals surface area contributed by atoms with Gasteiger partial charge in [0.05, 0.1) is 0 Å². The second-order valence-corrected chi connectivity index (χ2v) is 11.7. The minimum Gasteiger partial charge on any atom is -0.456 e. The highest BCUT2D eigenvalue weighted by Gasteiger charge is 2.16. The van der Waals surface area contributed by atoms with Crippen LogP contribution in [0.5, 0.6) is 0 Å². The zero-order valence-corrected chi connectivity index (χ0v) is 25.3. The minimum atomic E-state index is 0.615. The summed E-state index contributed by atoms with van der Waals surface area (Å²) in [5.41, 5.74) is 9.08. The molecule has 0 radical (unpaired) electrons. The van der Waals surface area contributed by atoms with Gasteiger partial charge in [0.1, 0.15) is 11.2 Å². The lowest BCUT2D eigenvalue weighted by molar-refractivity contribution is 0.669. The van der Waals surface area contributed by atoms with Crippen molar-refractivity contribution >= 4 is 32.7 Å². The molecule has 0 aliphatic carbocycles. The second kappa shape index (κ2) is 11.2. The van der Waals surface area contributed by atoms with Crippen LogP contribution >= 0.6 is 0 Å². The second-order valence-electron chi connectivity index (χ2n) is 11.7. The van der Waals surface area contributed by atoms with Crippen molar-refractivity contribution in [3.63, 3.8) is 0 Å². The number of hydrogen-bond donors (Lipinski definition) is 0. The molecule has 0 N–H and O–H groups in total. The van der Waals surface area contributed by atoms with Crippen LogP contribution in [0.25, 0.3) is 89.1 Å². The highest BCUT2D eigenvalue weighted by atomic mass is 16.3. The molecule has 4 heteroatoms. The maximum atomic E-state index is 6.40. The molecule has 2 heterocycles. The fourth-order valence-corrected chi connectivity index (χ4v) is 6.35. The normalized spacial score (nSPS) is 11.4. The smallest absolute Gasteiger partial charge is 0.164 e. The zero-order chi connectivity index (χ0) is 31.2. The lowest BCUT2D eigenvalue weighted by atomic mass is 9.97. The van der Waals surface area contributed by atoms with E-state index < -0.39 is 0 Å². The van der Waals surface area contributed by atoms with Crippen molar-refractivity contribution in [3.05, 3.63) is 164 Å². The Morgan fingerprint density at radius 1 is 0.319 bits per heavy atom. The Labute approximate surface area is 271 Å². The molecule has 0 bridgehead atoms. The van der Waals surface area contributed by atoms with E-state index in [1.165, 1.54) is 21.9 Å². The lowest BCUT2D eigenvalue weighted by Crippen LogP contribution is -2.00. The number of rotatable bonds is 5. The first kappa shape index (κ1) is 27.0. The Bertz CT molecular complexity index is 2550. The molecule has 0 spiro atoms. The summed E-state index contributed by atoms with van der Waals surface area (Å²) >= 11 is 0. The molecule has 0 aliphatic rings. The van der Waals surface area contributed by atoms with Gasteiger partial charge in [0, 0.05) is 27.5 Å². The van der Waals surface area contributed by atoms with Gasteiger partial charge in [0.2, 0.25) is 0 Å². The Morgan fingerprint density at radius 2 is 0.872 bits per heavy atom. The Morgan fingerprint density at radius 3 is 1.64 bits per heavy atom. The fourth-order valence-electron chi connectivity index (χ4n) is 6.35. The predicted molar refractivity (Wildman–Crippen MR) is 192 cm³/mol. The summed E-state index contributed by atoms with van der Waals surface area (Å²) in [7, 11) is 0. The molecule has 0 saturated carbocycles. The van der Waals surface area contributed by atoms with Crippen LogP contribution in [0.4, 0.5) is 0 Å². The van der Waals surface area contributed by atoms with Crippen molar-refractivity contribution in [2.24, 2.45) is 0 Å². The van der Waals surface area contributed by atoms with E-state index in [1.807, 2.05) is 48.5 Å². The summed E-state index contributed by atoms with van der Waals surface area (Å²) in [6.45, 7) is 0. The van der Waals surface area contributed by atoms with Crippen molar-refractivity contribution in [3.8, 4) is 56.4 Å². The van der Waals surface area contributed by atoms with E-state index in [0.717, 1.165) is 49.8 Å². The van der Waals surface area contributed by atoms with Crippen molar-refractivity contribution in [2.75, 3.05) is 0 Å². The molecule has 0 amide bonds. The summed E-state index contributed by atoms with van der Waals surface area (Å²) in [5, 5.41) is 4.53. The highest BCUT2D eigenvalue weighted by Crippen LogP contribution is 2.36. The third kappa shape index (κ3) is 4.93. The lowest BCUT2D eigenvalue weighted by Gasteiger charge is -2.09.